The molecule has 2 aliphatic rings. The first-order valence-electron chi connectivity index (χ1n) is 5.67. The van der Waals surface area contributed by atoms with Gasteiger partial charge in [0.05, 0.1) is 0 Å². The molecule has 2 nitrogen and oxygen atoms in total. The second-order valence-corrected chi connectivity index (χ2v) is 5.25. The summed E-state index contributed by atoms with van der Waals surface area (Å²) < 4.78 is 14.3. The third-order valence-corrected chi connectivity index (χ3v) is 3.53. The van der Waals surface area contributed by atoms with Gasteiger partial charge in [-0.2, -0.15) is 0 Å². The van der Waals surface area contributed by atoms with Gasteiger partial charge >= 0.3 is 0 Å². The van der Waals surface area contributed by atoms with Gasteiger partial charge in [-0.15, -0.1) is 0 Å². The summed E-state index contributed by atoms with van der Waals surface area (Å²) in [6.45, 7) is 6.93. The van der Waals surface area contributed by atoms with E-state index in [0.717, 1.165) is 32.1 Å². The molecule has 2 saturated heterocycles. The van der Waals surface area contributed by atoms with E-state index in [1.54, 1.807) is 0 Å². The van der Waals surface area contributed by atoms with E-state index >= 15 is 0 Å². The Bertz CT molecular complexity index is 193. The van der Waals surface area contributed by atoms with E-state index in [1.165, 1.54) is 0 Å². The van der Waals surface area contributed by atoms with E-state index in [0.29, 0.717) is 19.4 Å². The monoisotopic (exact) mass is 200 g/mol. The highest BCUT2D eigenvalue weighted by atomic mass is 19.1. The molecule has 0 aliphatic carbocycles. The molecule has 0 aromatic rings. The molecule has 3 heteroatoms. The molecule has 82 valence electrons. The first-order chi connectivity index (χ1) is 6.57. The van der Waals surface area contributed by atoms with Crippen molar-refractivity contribution < 1.29 is 4.39 Å². The fraction of sp³-hybridized carbons (Fsp3) is 1.00. The Morgan fingerprint density at radius 1 is 1.29 bits per heavy atom. The standard InChI is InChI=1S/C11H21FN2/c1-10-7-14(8-10)9-11(12)3-5-13(2)6-4-11/h10H,3-9H2,1-2H3. The topological polar surface area (TPSA) is 6.48 Å². The van der Waals surface area contributed by atoms with Gasteiger partial charge in [0.25, 0.3) is 0 Å². The van der Waals surface area contributed by atoms with Gasteiger partial charge in [-0.3, -0.25) is 4.90 Å². The SMILES string of the molecule is CC1CN(CC2(F)CCN(C)CC2)C1. The zero-order chi connectivity index (χ0) is 10.2. The average molecular weight is 200 g/mol. The minimum Gasteiger partial charge on any atom is -0.306 e. The van der Waals surface area contributed by atoms with E-state index in [4.69, 9.17) is 0 Å². The molecule has 0 aromatic carbocycles. The minimum atomic E-state index is -0.896. The zero-order valence-corrected chi connectivity index (χ0v) is 9.30. The van der Waals surface area contributed by atoms with Crippen molar-refractivity contribution in [3.63, 3.8) is 0 Å². The van der Waals surface area contributed by atoms with Crippen LogP contribution in [0.15, 0.2) is 0 Å². The molecule has 0 aromatic heterocycles. The lowest BCUT2D eigenvalue weighted by molar-refractivity contribution is -0.00473. The summed E-state index contributed by atoms with van der Waals surface area (Å²) in [6, 6.07) is 0. The molecule has 0 unspecified atom stereocenters. The molecule has 0 atom stereocenters. The maximum atomic E-state index is 14.3. The van der Waals surface area contributed by atoms with Crippen molar-refractivity contribution in [2.75, 3.05) is 39.8 Å². The van der Waals surface area contributed by atoms with E-state index in [1.807, 2.05) is 0 Å². The van der Waals surface area contributed by atoms with Crippen molar-refractivity contribution in [3.8, 4) is 0 Å². The maximum Gasteiger partial charge on any atom is 0.126 e. The van der Waals surface area contributed by atoms with Crippen LogP contribution >= 0.6 is 0 Å². The van der Waals surface area contributed by atoms with Crippen LogP contribution in [-0.4, -0.2) is 55.2 Å². The van der Waals surface area contributed by atoms with E-state index in [9.17, 15) is 4.39 Å². The lowest BCUT2D eigenvalue weighted by atomic mass is 9.90. The molecule has 2 fully saturated rings. The molecule has 2 rings (SSSR count). The molecule has 2 aliphatic heterocycles. The second kappa shape index (κ2) is 3.78. The van der Waals surface area contributed by atoms with Gasteiger partial charge in [0, 0.05) is 32.7 Å². The maximum absolute atomic E-state index is 14.3. The predicted octanol–water partition coefficient (Wildman–Crippen LogP) is 1.37. The van der Waals surface area contributed by atoms with E-state index in [-0.39, 0.29) is 0 Å². The van der Waals surface area contributed by atoms with Crippen molar-refractivity contribution in [2.24, 2.45) is 5.92 Å². The fourth-order valence-corrected chi connectivity index (χ4v) is 2.54. The van der Waals surface area contributed by atoms with Crippen LogP contribution in [0.4, 0.5) is 4.39 Å². The van der Waals surface area contributed by atoms with Gasteiger partial charge in [-0.05, 0) is 25.8 Å². The first kappa shape index (κ1) is 10.4. The number of alkyl halides is 1. The van der Waals surface area contributed by atoms with E-state index in [2.05, 4.69) is 23.8 Å². The van der Waals surface area contributed by atoms with Crippen LogP contribution in [0.2, 0.25) is 0 Å². The molecule has 2 heterocycles. The Morgan fingerprint density at radius 3 is 2.36 bits per heavy atom. The van der Waals surface area contributed by atoms with Crippen molar-refractivity contribution in [1.29, 1.82) is 0 Å². The number of hydrogen-bond acceptors (Lipinski definition) is 2. The van der Waals surface area contributed by atoms with Crippen LogP contribution < -0.4 is 0 Å². The molecule has 0 radical (unpaired) electrons. The van der Waals surface area contributed by atoms with Crippen molar-refractivity contribution in [2.45, 2.75) is 25.4 Å². The van der Waals surface area contributed by atoms with E-state index < -0.39 is 5.67 Å². The van der Waals surface area contributed by atoms with Crippen molar-refractivity contribution >= 4 is 0 Å². The summed E-state index contributed by atoms with van der Waals surface area (Å²) in [5, 5.41) is 0. The van der Waals surface area contributed by atoms with Crippen LogP contribution in [0.25, 0.3) is 0 Å². The fourth-order valence-electron chi connectivity index (χ4n) is 2.54. The van der Waals surface area contributed by atoms with Crippen LogP contribution in [0, 0.1) is 5.92 Å². The number of likely N-dealkylation sites (tertiary alicyclic amines) is 2. The lowest BCUT2D eigenvalue weighted by Gasteiger charge is -2.43. The molecular weight excluding hydrogens is 179 g/mol. The quantitative estimate of drug-likeness (QED) is 0.664. The first-order valence-corrected chi connectivity index (χ1v) is 5.67. The highest BCUT2D eigenvalue weighted by Crippen LogP contribution is 2.29. The summed E-state index contributed by atoms with van der Waals surface area (Å²) in [7, 11) is 2.07. The van der Waals surface area contributed by atoms with Crippen LogP contribution in [0.3, 0.4) is 0 Å². The van der Waals surface area contributed by atoms with Gasteiger partial charge in [0.15, 0.2) is 0 Å². The number of rotatable bonds is 2. The third-order valence-electron chi connectivity index (χ3n) is 3.53. The summed E-state index contributed by atoms with van der Waals surface area (Å²) in [5.74, 6) is 0.782. The molecular formula is C11H21FN2. The van der Waals surface area contributed by atoms with Crippen molar-refractivity contribution in [3.05, 3.63) is 0 Å². The van der Waals surface area contributed by atoms with Crippen LogP contribution in [0.5, 0.6) is 0 Å². The minimum absolute atomic E-state index is 0.672. The average Bonchev–Trinajstić information content (AvgIpc) is 2.08. The Kier molecular flexibility index (Phi) is 2.80. The molecule has 0 spiro atoms. The largest absolute Gasteiger partial charge is 0.306 e. The summed E-state index contributed by atoms with van der Waals surface area (Å²) in [6.07, 6.45) is 1.43. The lowest BCUT2D eigenvalue weighted by Crippen LogP contribution is -2.54. The molecule has 14 heavy (non-hydrogen) atoms. The molecule has 0 amide bonds. The van der Waals surface area contributed by atoms with Gasteiger partial charge < -0.3 is 4.90 Å². The number of halogens is 1. The second-order valence-electron chi connectivity index (χ2n) is 5.25. The summed E-state index contributed by atoms with van der Waals surface area (Å²) >= 11 is 0. The molecule has 0 saturated carbocycles. The number of piperidine rings is 1. The number of hydrogen-bond donors (Lipinski definition) is 0. The molecule has 0 bridgehead atoms. The smallest absolute Gasteiger partial charge is 0.126 e. The van der Waals surface area contributed by atoms with Gasteiger partial charge in [-0.25, -0.2) is 4.39 Å². The Labute approximate surface area is 86.1 Å². The van der Waals surface area contributed by atoms with Crippen LogP contribution in [0.1, 0.15) is 19.8 Å². The predicted molar refractivity (Wildman–Crippen MR) is 56.2 cm³/mol. The summed E-state index contributed by atoms with van der Waals surface area (Å²) in [5.41, 5.74) is -0.896. The Hall–Kier alpha value is -0.150. The van der Waals surface area contributed by atoms with Gasteiger partial charge in [-0.1, -0.05) is 6.92 Å². The van der Waals surface area contributed by atoms with Crippen LogP contribution in [-0.2, 0) is 0 Å². The summed E-state index contributed by atoms with van der Waals surface area (Å²) in [4.78, 5) is 4.48. The normalized spacial score (nSPS) is 30.2. The Balaban J connectivity index is 1.78. The van der Waals surface area contributed by atoms with Gasteiger partial charge in [0.2, 0.25) is 0 Å². The Morgan fingerprint density at radius 2 is 1.86 bits per heavy atom. The van der Waals surface area contributed by atoms with Gasteiger partial charge in [0.1, 0.15) is 5.67 Å². The number of nitrogens with zero attached hydrogens (tertiary/aromatic N) is 2. The van der Waals surface area contributed by atoms with Crippen molar-refractivity contribution in [1.82, 2.24) is 9.80 Å². The third kappa shape index (κ3) is 2.26. The highest BCUT2D eigenvalue weighted by Gasteiger charge is 2.37. The molecule has 0 N–H and O–H groups in total. The highest BCUT2D eigenvalue weighted by molar-refractivity contribution is 4.91. The zero-order valence-electron chi connectivity index (χ0n) is 9.30.